The Kier molecular flexibility index (Phi) is 5.85. The minimum absolute atomic E-state index is 0.367. The van der Waals surface area contributed by atoms with Gasteiger partial charge in [0.25, 0.3) is 0 Å². The first-order valence-corrected chi connectivity index (χ1v) is 9.73. The van der Waals surface area contributed by atoms with Crippen molar-refractivity contribution < 1.29 is 4.74 Å². The van der Waals surface area contributed by atoms with Crippen LogP contribution in [0.4, 0.5) is 0 Å². The summed E-state index contributed by atoms with van der Waals surface area (Å²) >= 11 is 5.26. The molecule has 1 aromatic heterocycles. The summed E-state index contributed by atoms with van der Waals surface area (Å²) in [5.74, 6) is 0. The summed E-state index contributed by atoms with van der Waals surface area (Å²) < 4.78 is 11.5. The van der Waals surface area contributed by atoms with Crippen molar-refractivity contribution in [3.05, 3.63) is 50.4 Å². The van der Waals surface area contributed by atoms with Crippen LogP contribution in [0.2, 0.25) is 0 Å². The van der Waals surface area contributed by atoms with Gasteiger partial charge in [-0.3, -0.25) is 4.90 Å². The van der Waals surface area contributed by atoms with Crippen molar-refractivity contribution in [2.75, 3.05) is 13.2 Å². The van der Waals surface area contributed by atoms with Gasteiger partial charge in [-0.05, 0) is 61.0 Å². The third kappa shape index (κ3) is 4.63. The van der Waals surface area contributed by atoms with Crippen LogP contribution in [0.15, 0.2) is 28.1 Å². The molecule has 1 saturated heterocycles. The first-order chi connectivity index (χ1) is 11.1. The molecule has 3 rings (SSSR count). The second kappa shape index (κ2) is 7.88. The Bertz CT molecular complexity index is 652. The lowest BCUT2D eigenvalue weighted by Gasteiger charge is -2.25. The van der Waals surface area contributed by atoms with Gasteiger partial charge >= 0.3 is 0 Å². The van der Waals surface area contributed by atoms with Gasteiger partial charge in [-0.25, -0.2) is 0 Å². The maximum Gasteiger partial charge on any atom is 0.0703 e. The summed E-state index contributed by atoms with van der Waals surface area (Å²) in [6.45, 7) is 7.97. The SMILES string of the molecule is Cc1ccc(CN(Cc2csnc2C)CC2CCCO2)c(Br)c1. The lowest BCUT2D eigenvalue weighted by Crippen LogP contribution is -2.31. The first-order valence-electron chi connectivity index (χ1n) is 8.10. The topological polar surface area (TPSA) is 25.4 Å². The molecule has 2 heterocycles. The van der Waals surface area contributed by atoms with E-state index in [1.54, 1.807) is 11.5 Å². The van der Waals surface area contributed by atoms with Gasteiger partial charge in [-0.15, -0.1) is 0 Å². The molecule has 1 atom stereocenters. The molecule has 0 aliphatic carbocycles. The van der Waals surface area contributed by atoms with E-state index in [0.29, 0.717) is 6.10 Å². The average molecular weight is 395 g/mol. The number of rotatable bonds is 6. The lowest BCUT2D eigenvalue weighted by molar-refractivity contribution is 0.0678. The van der Waals surface area contributed by atoms with E-state index in [1.807, 2.05) is 0 Å². The van der Waals surface area contributed by atoms with Crippen molar-refractivity contribution in [1.29, 1.82) is 0 Å². The molecule has 1 aliphatic rings. The van der Waals surface area contributed by atoms with E-state index in [9.17, 15) is 0 Å². The normalized spacial score (nSPS) is 18.0. The summed E-state index contributed by atoms with van der Waals surface area (Å²) in [7, 11) is 0. The number of ether oxygens (including phenoxy) is 1. The van der Waals surface area contributed by atoms with Crippen molar-refractivity contribution in [3.63, 3.8) is 0 Å². The molecule has 1 aromatic carbocycles. The molecule has 23 heavy (non-hydrogen) atoms. The molecular weight excluding hydrogens is 372 g/mol. The Morgan fingerprint density at radius 3 is 2.78 bits per heavy atom. The van der Waals surface area contributed by atoms with E-state index in [-0.39, 0.29) is 0 Å². The van der Waals surface area contributed by atoms with Crippen LogP contribution in [-0.4, -0.2) is 28.5 Å². The minimum atomic E-state index is 0.367. The number of aryl methyl sites for hydroxylation is 2. The molecule has 1 aliphatic heterocycles. The molecule has 1 unspecified atom stereocenters. The fraction of sp³-hybridized carbons (Fsp3) is 0.500. The fourth-order valence-corrected chi connectivity index (χ4v) is 4.31. The van der Waals surface area contributed by atoms with E-state index in [4.69, 9.17) is 4.74 Å². The summed E-state index contributed by atoms with van der Waals surface area (Å²) in [5, 5.41) is 2.17. The fourth-order valence-electron chi connectivity index (χ4n) is 2.99. The molecule has 0 amide bonds. The van der Waals surface area contributed by atoms with Gasteiger partial charge < -0.3 is 4.74 Å². The molecule has 5 heteroatoms. The van der Waals surface area contributed by atoms with Crippen molar-refractivity contribution in [2.24, 2.45) is 0 Å². The van der Waals surface area contributed by atoms with Crippen LogP contribution in [0.5, 0.6) is 0 Å². The van der Waals surface area contributed by atoms with Gasteiger partial charge in [0.15, 0.2) is 0 Å². The molecule has 124 valence electrons. The summed E-state index contributed by atoms with van der Waals surface area (Å²) in [4.78, 5) is 2.49. The second-order valence-electron chi connectivity index (χ2n) is 6.32. The molecule has 0 radical (unpaired) electrons. The zero-order chi connectivity index (χ0) is 16.2. The van der Waals surface area contributed by atoms with Crippen LogP contribution in [0.25, 0.3) is 0 Å². The molecule has 0 saturated carbocycles. The Labute approximate surface area is 151 Å². The Morgan fingerprint density at radius 2 is 2.13 bits per heavy atom. The quantitative estimate of drug-likeness (QED) is 0.709. The van der Waals surface area contributed by atoms with Gasteiger partial charge in [0, 0.05) is 36.1 Å². The standard InChI is InChI=1S/C18H23BrN2OS/c1-13-5-6-15(18(19)8-13)9-21(11-17-4-3-7-22-17)10-16-12-23-20-14(16)2/h5-6,8,12,17H,3-4,7,9-11H2,1-2H3. The maximum atomic E-state index is 5.85. The van der Waals surface area contributed by atoms with E-state index < -0.39 is 0 Å². The number of aromatic nitrogens is 1. The number of benzene rings is 1. The first kappa shape index (κ1) is 17.1. The molecular formula is C18H23BrN2OS. The lowest BCUT2D eigenvalue weighted by atomic mass is 10.1. The van der Waals surface area contributed by atoms with Crippen molar-refractivity contribution in [2.45, 2.75) is 45.9 Å². The van der Waals surface area contributed by atoms with Crippen LogP contribution < -0.4 is 0 Å². The van der Waals surface area contributed by atoms with Crippen molar-refractivity contribution in [1.82, 2.24) is 9.27 Å². The van der Waals surface area contributed by atoms with Crippen LogP contribution in [0.1, 0.15) is 35.2 Å². The third-order valence-electron chi connectivity index (χ3n) is 4.33. The Morgan fingerprint density at radius 1 is 1.30 bits per heavy atom. The number of hydrogen-bond donors (Lipinski definition) is 0. The molecule has 0 N–H and O–H groups in total. The van der Waals surface area contributed by atoms with Crippen molar-refractivity contribution in [3.8, 4) is 0 Å². The predicted octanol–water partition coefficient (Wildman–Crippen LogP) is 4.70. The zero-order valence-corrected chi connectivity index (χ0v) is 16.1. The van der Waals surface area contributed by atoms with E-state index in [2.05, 4.69) is 62.6 Å². The van der Waals surface area contributed by atoms with E-state index >= 15 is 0 Å². The van der Waals surface area contributed by atoms with Gasteiger partial charge in [-0.1, -0.05) is 28.1 Å². The smallest absolute Gasteiger partial charge is 0.0703 e. The zero-order valence-electron chi connectivity index (χ0n) is 13.7. The van der Waals surface area contributed by atoms with Crippen molar-refractivity contribution >= 4 is 27.5 Å². The third-order valence-corrected chi connectivity index (χ3v) is 5.84. The second-order valence-corrected chi connectivity index (χ2v) is 7.81. The molecule has 2 aromatic rings. The molecule has 3 nitrogen and oxygen atoms in total. The molecule has 0 bridgehead atoms. The van der Waals surface area contributed by atoms with Gasteiger partial charge in [0.05, 0.1) is 11.8 Å². The summed E-state index contributed by atoms with van der Waals surface area (Å²) in [6, 6.07) is 6.60. The highest BCUT2D eigenvalue weighted by atomic mass is 79.9. The average Bonchev–Trinajstić information content (AvgIpc) is 3.15. The maximum absolute atomic E-state index is 5.85. The molecule has 0 spiro atoms. The Balaban J connectivity index is 1.74. The predicted molar refractivity (Wildman–Crippen MR) is 98.8 cm³/mol. The van der Waals surface area contributed by atoms with Gasteiger partial charge in [0.1, 0.15) is 0 Å². The van der Waals surface area contributed by atoms with Gasteiger partial charge in [-0.2, -0.15) is 4.37 Å². The largest absolute Gasteiger partial charge is 0.377 e. The highest BCUT2D eigenvalue weighted by molar-refractivity contribution is 9.10. The highest BCUT2D eigenvalue weighted by Crippen LogP contribution is 2.23. The number of nitrogens with zero attached hydrogens (tertiary/aromatic N) is 2. The van der Waals surface area contributed by atoms with Gasteiger partial charge in [0.2, 0.25) is 0 Å². The highest BCUT2D eigenvalue weighted by Gasteiger charge is 2.21. The summed E-state index contributed by atoms with van der Waals surface area (Å²) in [5.41, 5.74) is 5.09. The number of halogens is 1. The van der Waals surface area contributed by atoms with E-state index in [1.165, 1.54) is 34.0 Å². The van der Waals surface area contributed by atoms with Crippen LogP contribution >= 0.6 is 27.5 Å². The summed E-state index contributed by atoms with van der Waals surface area (Å²) in [6.07, 6.45) is 2.73. The number of hydrogen-bond acceptors (Lipinski definition) is 4. The van der Waals surface area contributed by atoms with Crippen LogP contribution in [0, 0.1) is 13.8 Å². The molecule has 1 fully saturated rings. The van der Waals surface area contributed by atoms with Crippen LogP contribution in [-0.2, 0) is 17.8 Å². The van der Waals surface area contributed by atoms with Crippen LogP contribution in [0.3, 0.4) is 0 Å². The monoisotopic (exact) mass is 394 g/mol. The minimum Gasteiger partial charge on any atom is -0.377 e. The van der Waals surface area contributed by atoms with E-state index in [0.717, 1.165) is 31.9 Å². The Hall–Kier alpha value is -0.750.